The second-order valence-electron chi connectivity index (χ2n) is 5.22. The molecule has 110 valence electrons. The summed E-state index contributed by atoms with van der Waals surface area (Å²) < 4.78 is 7.55. The van der Waals surface area contributed by atoms with E-state index in [1.54, 1.807) is 0 Å². The highest BCUT2D eigenvalue weighted by atomic mass is 16.5. The molecule has 0 unspecified atom stereocenters. The Bertz CT molecular complexity index is 338. The highest BCUT2D eigenvalue weighted by molar-refractivity contribution is 4.90. The van der Waals surface area contributed by atoms with Crippen LogP contribution in [0.15, 0.2) is 12.4 Å². The maximum absolute atomic E-state index is 5.49. The Hall–Kier alpha value is -0.910. The van der Waals surface area contributed by atoms with Gasteiger partial charge in [-0.15, -0.1) is 0 Å². The molecule has 0 aliphatic heterocycles. The van der Waals surface area contributed by atoms with Gasteiger partial charge in [0.05, 0.1) is 12.6 Å². The number of aryl methyl sites for hydroxylation is 1. The first-order valence-electron chi connectivity index (χ1n) is 7.06. The number of aromatic nitrogens is 2. The number of nitrogens with zero attached hydrogens (tertiary/aromatic N) is 3. The van der Waals surface area contributed by atoms with E-state index in [9.17, 15) is 0 Å². The first kappa shape index (κ1) is 16.1. The van der Waals surface area contributed by atoms with Crippen LogP contribution in [0.1, 0.15) is 26.1 Å². The third-order valence-electron chi connectivity index (χ3n) is 2.95. The average Bonchev–Trinajstić information content (AvgIpc) is 2.73. The summed E-state index contributed by atoms with van der Waals surface area (Å²) in [5.41, 5.74) is 0. The lowest BCUT2D eigenvalue weighted by Crippen LogP contribution is -2.30. The molecule has 0 spiro atoms. The normalized spacial score (nSPS) is 11.7. The second kappa shape index (κ2) is 9.07. The van der Waals surface area contributed by atoms with Crippen molar-refractivity contribution < 1.29 is 4.74 Å². The molecule has 0 aliphatic rings. The van der Waals surface area contributed by atoms with E-state index in [0.717, 1.165) is 45.0 Å². The predicted molar refractivity (Wildman–Crippen MR) is 78.1 cm³/mol. The Morgan fingerprint density at radius 2 is 2.21 bits per heavy atom. The number of nitrogens with one attached hydrogen (secondary N) is 1. The topological polar surface area (TPSA) is 42.3 Å². The van der Waals surface area contributed by atoms with Crippen LogP contribution in [-0.2, 0) is 18.3 Å². The molecule has 5 heteroatoms. The van der Waals surface area contributed by atoms with Crippen LogP contribution in [0.4, 0.5) is 0 Å². The maximum atomic E-state index is 5.49. The Labute approximate surface area is 117 Å². The fourth-order valence-electron chi connectivity index (χ4n) is 1.78. The minimum absolute atomic E-state index is 0.337. The quantitative estimate of drug-likeness (QED) is 0.649. The van der Waals surface area contributed by atoms with Crippen molar-refractivity contribution >= 4 is 0 Å². The van der Waals surface area contributed by atoms with Gasteiger partial charge < -0.3 is 14.6 Å². The van der Waals surface area contributed by atoms with Crippen LogP contribution in [0.25, 0.3) is 0 Å². The lowest BCUT2D eigenvalue weighted by molar-refractivity contribution is 0.0770. The smallest absolute Gasteiger partial charge is 0.122 e. The third kappa shape index (κ3) is 7.30. The fourth-order valence-corrected chi connectivity index (χ4v) is 1.78. The molecule has 1 N–H and O–H groups in total. The van der Waals surface area contributed by atoms with Gasteiger partial charge in [-0.05, 0) is 33.9 Å². The van der Waals surface area contributed by atoms with E-state index in [-0.39, 0.29) is 0 Å². The van der Waals surface area contributed by atoms with Gasteiger partial charge in [0.1, 0.15) is 5.82 Å². The average molecular weight is 268 g/mol. The highest BCUT2D eigenvalue weighted by Gasteiger charge is 2.03. The molecule has 0 aromatic carbocycles. The molecule has 0 radical (unpaired) electrons. The molecule has 1 rings (SSSR count). The highest BCUT2D eigenvalue weighted by Crippen LogP contribution is 1.98. The van der Waals surface area contributed by atoms with Gasteiger partial charge in [0, 0.05) is 39.1 Å². The molecule has 1 aromatic rings. The van der Waals surface area contributed by atoms with Gasteiger partial charge >= 0.3 is 0 Å². The van der Waals surface area contributed by atoms with Crippen molar-refractivity contribution in [3.05, 3.63) is 18.2 Å². The number of hydrogen-bond acceptors (Lipinski definition) is 4. The minimum Gasteiger partial charge on any atom is -0.379 e. The summed E-state index contributed by atoms with van der Waals surface area (Å²) in [7, 11) is 4.15. The number of rotatable bonds is 10. The summed E-state index contributed by atoms with van der Waals surface area (Å²) >= 11 is 0. The third-order valence-corrected chi connectivity index (χ3v) is 2.95. The van der Waals surface area contributed by atoms with Crippen LogP contribution >= 0.6 is 0 Å². The Morgan fingerprint density at radius 1 is 1.42 bits per heavy atom. The van der Waals surface area contributed by atoms with Crippen LogP contribution in [0.3, 0.4) is 0 Å². The van der Waals surface area contributed by atoms with E-state index in [1.807, 2.05) is 19.4 Å². The second-order valence-corrected chi connectivity index (χ2v) is 5.22. The van der Waals surface area contributed by atoms with E-state index in [1.165, 1.54) is 0 Å². The lowest BCUT2D eigenvalue weighted by Gasteiger charge is -2.16. The molecule has 5 nitrogen and oxygen atoms in total. The van der Waals surface area contributed by atoms with E-state index in [4.69, 9.17) is 4.74 Å². The molecule has 1 aromatic heterocycles. The monoisotopic (exact) mass is 268 g/mol. The lowest BCUT2D eigenvalue weighted by atomic mass is 10.4. The van der Waals surface area contributed by atoms with E-state index < -0.39 is 0 Å². The number of hydrogen-bond donors (Lipinski definition) is 1. The van der Waals surface area contributed by atoms with Crippen molar-refractivity contribution in [2.75, 3.05) is 33.3 Å². The van der Waals surface area contributed by atoms with Gasteiger partial charge in [0.2, 0.25) is 0 Å². The van der Waals surface area contributed by atoms with Crippen molar-refractivity contribution in [3.63, 3.8) is 0 Å². The Morgan fingerprint density at radius 3 is 2.84 bits per heavy atom. The zero-order chi connectivity index (χ0) is 14.1. The Kier molecular flexibility index (Phi) is 7.70. The van der Waals surface area contributed by atoms with Gasteiger partial charge in [-0.1, -0.05) is 0 Å². The zero-order valence-corrected chi connectivity index (χ0v) is 12.7. The largest absolute Gasteiger partial charge is 0.379 e. The van der Waals surface area contributed by atoms with E-state index in [2.05, 4.69) is 40.7 Å². The summed E-state index contributed by atoms with van der Waals surface area (Å²) in [6.45, 7) is 8.92. The summed E-state index contributed by atoms with van der Waals surface area (Å²) in [6, 6.07) is 0. The van der Waals surface area contributed by atoms with Crippen LogP contribution in [0.2, 0.25) is 0 Å². The van der Waals surface area contributed by atoms with Gasteiger partial charge in [-0.25, -0.2) is 4.98 Å². The van der Waals surface area contributed by atoms with Crippen LogP contribution < -0.4 is 5.32 Å². The SMILES string of the molecule is CC(C)OCCCNCCN(C)Cc1nccn1C. The first-order chi connectivity index (χ1) is 9.09. The summed E-state index contributed by atoms with van der Waals surface area (Å²) in [5.74, 6) is 1.10. The van der Waals surface area contributed by atoms with Crippen LogP contribution in [0.5, 0.6) is 0 Å². The van der Waals surface area contributed by atoms with Crippen molar-refractivity contribution in [2.45, 2.75) is 32.9 Å². The van der Waals surface area contributed by atoms with Crippen molar-refractivity contribution in [2.24, 2.45) is 7.05 Å². The number of likely N-dealkylation sites (N-methyl/N-ethyl adjacent to an activating group) is 1. The molecule has 0 aliphatic carbocycles. The standard InChI is InChI=1S/C14H28N4O/c1-13(2)19-11-5-6-15-7-9-17(3)12-14-16-8-10-18(14)4/h8,10,13,15H,5-7,9,11-12H2,1-4H3. The summed E-state index contributed by atoms with van der Waals surface area (Å²) in [5, 5.41) is 3.44. The number of ether oxygens (including phenoxy) is 1. The molecule has 0 saturated carbocycles. The maximum Gasteiger partial charge on any atom is 0.122 e. The molecule has 0 fully saturated rings. The first-order valence-corrected chi connectivity index (χ1v) is 7.06. The molecule has 0 atom stereocenters. The molecule has 0 amide bonds. The molecule has 1 heterocycles. The van der Waals surface area contributed by atoms with E-state index >= 15 is 0 Å². The Balaban J connectivity index is 1.99. The van der Waals surface area contributed by atoms with Crippen molar-refractivity contribution in [1.29, 1.82) is 0 Å². The van der Waals surface area contributed by atoms with Crippen LogP contribution in [0, 0.1) is 0 Å². The minimum atomic E-state index is 0.337. The molecular formula is C14H28N4O. The summed E-state index contributed by atoms with van der Waals surface area (Å²) in [4.78, 5) is 6.60. The van der Waals surface area contributed by atoms with E-state index in [0.29, 0.717) is 6.10 Å². The molecule has 19 heavy (non-hydrogen) atoms. The molecule has 0 bridgehead atoms. The number of imidazole rings is 1. The van der Waals surface area contributed by atoms with Crippen molar-refractivity contribution in [3.8, 4) is 0 Å². The molecule has 0 saturated heterocycles. The van der Waals surface area contributed by atoms with Gasteiger partial charge in [0.15, 0.2) is 0 Å². The zero-order valence-electron chi connectivity index (χ0n) is 12.7. The van der Waals surface area contributed by atoms with Gasteiger partial charge in [0.25, 0.3) is 0 Å². The van der Waals surface area contributed by atoms with Gasteiger partial charge in [-0.3, -0.25) is 4.90 Å². The van der Waals surface area contributed by atoms with Crippen molar-refractivity contribution in [1.82, 2.24) is 19.8 Å². The van der Waals surface area contributed by atoms with Gasteiger partial charge in [-0.2, -0.15) is 0 Å². The fraction of sp³-hybridized carbons (Fsp3) is 0.786. The summed E-state index contributed by atoms with van der Waals surface area (Å²) in [6.07, 6.45) is 5.23. The molecular weight excluding hydrogens is 240 g/mol. The predicted octanol–water partition coefficient (Wildman–Crippen LogP) is 1.26. The van der Waals surface area contributed by atoms with Crippen LogP contribution in [-0.4, -0.2) is 53.8 Å².